The Labute approximate surface area is 211 Å². The van der Waals surface area contributed by atoms with Gasteiger partial charge in [0.25, 0.3) is 5.91 Å². The fourth-order valence-electron chi connectivity index (χ4n) is 5.32. The Hall–Kier alpha value is -3.69. The minimum atomic E-state index is -3.97. The lowest BCUT2D eigenvalue weighted by atomic mass is 9.86. The van der Waals surface area contributed by atoms with E-state index in [1.807, 2.05) is 0 Å². The van der Waals surface area contributed by atoms with Gasteiger partial charge in [-0.2, -0.15) is 9.57 Å². The van der Waals surface area contributed by atoms with E-state index in [2.05, 4.69) is 5.32 Å². The molecule has 12 heteroatoms. The third-order valence-corrected chi connectivity index (χ3v) is 9.14. The summed E-state index contributed by atoms with van der Waals surface area (Å²) < 4.78 is 55.7. The highest BCUT2D eigenvalue weighted by Gasteiger charge is 2.41. The fraction of sp³-hybridized carbons (Fsp3) is 0.360. The molecular weight excluding hydrogens is 506 g/mol. The Kier molecular flexibility index (Phi) is 6.29. The van der Waals surface area contributed by atoms with Crippen LogP contribution in [0.2, 0.25) is 0 Å². The molecule has 3 heterocycles. The molecule has 1 unspecified atom stereocenters. The quantitative estimate of drug-likeness (QED) is 0.606. The number of imide groups is 1. The molecule has 2 aromatic rings. The van der Waals surface area contributed by atoms with Gasteiger partial charge in [0.1, 0.15) is 23.7 Å². The minimum Gasteiger partial charge on any atom is -0.322 e. The van der Waals surface area contributed by atoms with Gasteiger partial charge in [-0.1, -0.05) is 0 Å². The number of nitrogens with zero attached hydrogens (tertiary/aromatic N) is 3. The molecule has 2 fully saturated rings. The Bertz CT molecular complexity index is 1480. The smallest absolute Gasteiger partial charge is 0.255 e. The molecule has 9 nitrogen and oxygen atoms in total. The van der Waals surface area contributed by atoms with E-state index >= 15 is 0 Å². The molecule has 1 atom stereocenters. The average molecular weight is 529 g/mol. The highest BCUT2D eigenvalue weighted by atomic mass is 32.2. The van der Waals surface area contributed by atoms with E-state index in [4.69, 9.17) is 5.26 Å². The maximum atomic E-state index is 14.6. The number of fused-ring (bicyclic) bond motifs is 1. The van der Waals surface area contributed by atoms with Crippen molar-refractivity contribution < 1.29 is 31.6 Å². The fourth-order valence-corrected chi connectivity index (χ4v) is 6.82. The lowest BCUT2D eigenvalue weighted by Crippen LogP contribution is -2.52. The van der Waals surface area contributed by atoms with Gasteiger partial charge in [0.15, 0.2) is 0 Å². The second-order valence-electron chi connectivity index (χ2n) is 9.35. The summed E-state index contributed by atoms with van der Waals surface area (Å²) in [7, 11) is -3.97. The van der Waals surface area contributed by atoms with Gasteiger partial charge >= 0.3 is 0 Å². The Morgan fingerprint density at radius 3 is 2.43 bits per heavy atom. The molecule has 0 aliphatic carbocycles. The van der Waals surface area contributed by atoms with Gasteiger partial charge in [0.2, 0.25) is 21.8 Å². The van der Waals surface area contributed by atoms with Crippen LogP contribution in [0.4, 0.5) is 8.78 Å². The molecule has 1 N–H and O–H groups in total. The third-order valence-electron chi connectivity index (χ3n) is 7.25. The van der Waals surface area contributed by atoms with Crippen molar-refractivity contribution in [3.05, 3.63) is 64.2 Å². The van der Waals surface area contributed by atoms with Gasteiger partial charge in [-0.25, -0.2) is 17.2 Å². The summed E-state index contributed by atoms with van der Waals surface area (Å²) in [6.07, 6.45) is 1.01. The van der Waals surface area contributed by atoms with Crippen molar-refractivity contribution >= 4 is 27.7 Å². The van der Waals surface area contributed by atoms with Gasteiger partial charge in [-0.05, 0) is 66.6 Å². The van der Waals surface area contributed by atoms with Gasteiger partial charge in [0, 0.05) is 31.6 Å². The predicted octanol–water partition coefficient (Wildman–Crippen LogP) is 2.17. The van der Waals surface area contributed by atoms with Crippen molar-refractivity contribution in [2.24, 2.45) is 0 Å². The zero-order chi connectivity index (χ0) is 26.5. The number of hydrogen-bond donors (Lipinski definition) is 1. The van der Waals surface area contributed by atoms with E-state index in [9.17, 15) is 31.6 Å². The molecule has 5 rings (SSSR count). The van der Waals surface area contributed by atoms with Gasteiger partial charge in [-0.15, -0.1) is 0 Å². The zero-order valence-corrected chi connectivity index (χ0v) is 20.4. The summed E-state index contributed by atoms with van der Waals surface area (Å²) in [5.41, 5.74) is 1.01. The minimum absolute atomic E-state index is 0.0983. The number of carbonyl (C=O) groups is 3. The first kappa shape index (κ1) is 25.0. The molecule has 0 radical (unpaired) electrons. The van der Waals surface area contributed by atoms with Crippen LogP contribution >= 0.6 is 0 Å². The molecule has 0 saturated carbocycles. The molecule has 37 heavy (non-hydrogen) atoms. The van der Waals surface area contributed by atoms with Gasteiger partial charge in [0.05, 0.1) is 10.5 Å². The summed E-state index contributed by atoms with van der Waals surface area (Å²) in [6, 6.07) is 6.38. The number of nitrogens with one attached hydrogen (secondary N) is 1. The van der Waals surface area contributed by atoms with Crippen LogP contribution in [0.25, 0.3) is 0 Å². The average Bonchev–Trinajstić information content (AvgIpc) is 3.19. The number of amides is 3. The Morgan fingerprint density at radius 1 is 1.03 bits per heavy atom. The standard InChI is InChI=1S/C25H22F2N4O5S/c26-16-10-18(20-13-31(25(34)19(20)11-16)22-3-4-23(32)29-24(22)33)14-5-7-30(8-6-14)37(35,36)17-1-2-21(27)15(9-17)12-28/h1-2,9-11,14,22H,3-8,13H2,(H,29,32,33). The van der Waals surface area contributed by atoms with E-state index < -0.39 is 45.4 Å². The number of benzene rings is 2. The van der Waals surface area contributed by atoms with Crippen LogP contribution in [-0.2, 0) is 26.2 Å². The number of sulfonamides is 1. The second kappa shape index (κ2) is 9.32. The number of piperidine rings is 2. The van der Waals surface area contributed by atoms with Gasteiger partial charge in [-0.3, -0.25) is 19.7 Å². The van der Waals surface area contributed by atoms with Crippen LogP contribution in [0.3, 0.4) is 0 Å². The maximum absolute atomic E-state index is 14.6. The van der Waals surface area contributed by atoms with Crippen molar-refractivity contribution in [3.63, 3.8) is 0 Å². The molecule has 2 aromatic carbocycles. The molecule has 2 saturated heterocycles. The lowest BCUT2D eigenvalue weighted by Gasteiger charge is -2.32. The number of nitriles is 1. The highest BCUT2D eigenvalue weighted by Crippen LogP contribution is 2.38. The topological polar surface area (TPSA) is 128 Å². The largest absolute Gasteiger partial charge is 0.322 e. The van der Waals surface area contributed by atoms with E-state index in [1.54, 1.807) is 6.07 Å². The summed E-state index contributed by atoms with van der Waals surface area (Å²) in [5, 5.41) is 11.3. The first-order valence-electron chi connectivity index (χ1n) is 11.8. The maximum Gasteiger partial charge on any atom is 0.255 e. The van der Waals surface area contributed by atoms with Crippen molar-refractivity contribution in [2.45, 2.75) is 49.1 Å². The van der Waals surface area contributed by atoms with Crippen LogP contribution in [0, 0.1) is 23.0 Å². The third kappa shape index (κ3) is 4.38. The Morgan fingerprint density at radius 2 is 1.76 bits per heavy atom. The van der Waals surface area contributed by atoms with Crippen LogP contribution in [0.15, 0.2) is 35.2 Å². The van der Waals surface area contributed by atoms with Crippen LogP contribution in [-0.4, -0.2) is 54.5 Å². The van der Waals surface area contributed by atoms with E-state index in [0.717, 1.165) is 24.3 Å². The highest BCUT2D eigenvalue weighted by molar-refractivity contribution is 7.89. The first-order valence-corrected chi connectivity index (χ1v) is 13.2. The van der Waals surface area contributed by atoms with E-state index in [-0.39, 0.29) is 54.4 Å². The summed E-state index contributed by atoms with van der Waals surface area (Å²) in [6.45, 7) is 0.325. The zero-order valence-electron chi connectivity index (χ0n) is 19.5. The van der Waals surface area contributed by atoms with Gasteiger partial charge < -0.3 is 4.90 Å². The first-order chi connectivity index (χ1) is 17.6. The number of halogens is 2. The number of hydrogen-bond acceptors (Lipinski definition) is 6. The molecule has 3 aliphatic heterocycles. The van der Waals surface area contributed by atoms with Crippen LogP contribution in [0.1, 0.15) is 58.6 Å². The molecular formula is C25H22F2N4O5S. The molecule has 3 aliphatic rings. The molecule has 192 valence electrons. The van der Waals surface area contributed by atoms with Crippen molar-refractivity contribution in [3.8, 4) is 6.07 Å². The Balaban J connectivity index is 1.36. The normalized spacial score (nSPS) is 21.1. The summed E-state index contributed by atoms with van der Waals surface area (Å²) in [4.78, 5) is 38.1. The van der Waals surface area contributed by atoms with E-state index in [1.165, 1.54) is 15.3 Å². The monoisotopic (exact) mass is 528 g/mol. The van der Waals surface area contributed by atoms with Crippen molar-refractivity contribution in [2.75, 3.05) is 13.1 Å². The van der Waals surface area contributed by atoms with Crippen molar-refractivity contribution in [1.29, 1.82) is 5.26 Å². The predicted molar refractivity (Wildman–Crippen MR) is 124 cm³/mol. The second-order valence-corrected chi connectivity index (χ2v) is 11.3. The van der Waals surface area contributed by atoms with Crippen LogP contribution in [0.5, 0.6) is 0 Å². The summed E-state index contributed by atoms with van der Waals surface area (Å²) >= 11 is 0. The lowest BCUT2D eigenvalue weighted by molar-refractivity contribution is -0.136. The SMILES string of the molecule is N#Cc1cc(S(=O)(=O)N2CCC(c3cc(F)cc4c3CN(C3CCC(=O)NC3=O)C4=O)CC2)ccc1F. The summed E-state index contributed by atoms with van der Waals surface area (Å²) in [5.74, 6) is -3.07. The molecule has 0 bridgehead atoms. The molecule has 0 aromatic heterocycles. The molecule has 0 spiro atoms. The van der Waals surface area contributed by atoms with Crippen molar-refractivity contribution in [1.82, 2.24) is 14.5 Å². The number of rotatable bonds is 4. The van der Waals surface area contributed by atoms with Crippen LogP contribution < -0.4 is 5.32 Å². The van der Waals surface area contributed by atoms with E-state index in [0.29, 0.717) is 24.0 Å². The number of carbonyl (C=O) groups excluding carboxylic acids is 3. The molecule has 3 amide bonds.